The van der Waals surface area contributed by atoms with Crippen molar-refractivity contribution in [2.24, 2.45) is 0 Å². The highest BCUT2D eigenvalue weighted by molar-refractivity contribution is 9.10. The van der Waals surface area contributed by atoms with Gasteiger partial charge in [-0.15, -0.1) is 0 Å². The second-order valence-electron chi connectivity index (χ2n) is 9.55. The molecule has 0 radical (unpaired) electrons. The van der Waals surface area contributed by atoms with Gasteiger partial charge in [-0.2, -0.15) is 0 Å². The topological polar surface area (TPSA) is 59.4 Å². The highest BCUT2D eigenvalue weighted by Crippen LogP contribution is 2.38. The molecule has 1 aromatic heterocycles. The molecule has 0 bridgehead atoms. The number of amides is 2. The fourth-order valence-corrected chi connectivity index (χ4v) is 6.08. The van der Waals surface area contributed by atoms with Gasteiger partial charge in [-0.05, 0) is 61.6 Å². The number of imide groups is 1. The van der Waals surface area contributed by atoms with Gasteiger partial charge in [0.25, 0.3) is 11.8 Å². The summed E-state index contributed by atoms with van der Waals surface area (Å²) in [5.41, 5.74) is 5.23. The van der Waals surface area contributed by atoms with Crippen LogP contribution in [0.15, 0.2) is 77.3 Å². The van der Waals surface area contributed by atoms with Crippen molar-refractivity contribution in [2.45, 2.75) is 38.1 Å². The smallest absolute Gasteiger partial charge is 0.261 e. The Morgan fingerprint density at radius 2 is 1.56 bits per heavy atom. The Morgan fingerprint density at radius 1 is 0.889 bits per heavy atom. The molecule has 6 rings (SSSR count). The molecule has 0 saturated heterocycles. The molecule has 2 aliphatic heterocycles. The lowest BCUT2D eigenvalue weighted by Crippen LogP contribution is -2.32. The summed E-state index contributed by atoms with van der Waals surface area (Å²) in [6.07, 6.45) is 3.93. The molecular weight excluding hydrogens is 516 g/mol. The summed E-state index contributed by atoms with van der Waals surface area (Å²) in [4.78, 5) is 40.3. The molecule has 0 saturated carbocycles. The lowest BCUT2D eigenvalue weighted by molar-refractivity contribution is 0.0655. The van der Waals surface area contributed by atoms with Crippen LogP contribution in [0.2, 0.25) is 0 Å². The molecule has 2 amide bonds. The summed E-state index contributed by atoms with van der Waals surface area (Å²) < 4.78 is 3.31. The van der Waals surface area contributed by atoms with Crippen molar-refractivity contribution in [2.75, 3.05) is 6.54 Å². The Bertz CT molecular complexity index is 1480. The van der Waals surface area contributed by atoms with Crippen molar-refractivity contribution in [1.29, 1.82) is 0 Å². The molecule has 2 aliphatic rings. The maximum Gasteiger partial charge on any atom is 0.261 e. The standard InChI is InChI=1S/C30H25BrN2O3/c31-20-14-12-19(13-15-20)28(34)18-21-6-5-11-27-23(22-7-3-4-10-26(22)33(21)27)16-17-32-29(35)24-8-1-2-9-25(24)30(32)36/h1-4,7-10,12-15,21H,5-6,11,16-18H2/t21-/m1/s1. The maximum absolute atomic E-state index is 13.1. The zero-order valence-corrected chi connectivity index (χ0v) is 21.3. The zero-order valence-electron chi connectivity index (χ0n) is 19.7. The molecule has 0 spiro atoms. The largest absolute Gasteiger partial charge is 0.341 e. The number of hydrogen-bond acceptors (Lipinski definition) is 3. The third-order valence-corrected chi connectivity index (χ3v) is 8.02. The quantitative estimate of drug-likeness (QED) is 0.210. The number of halogens is 1. The molecule has 4 aromatic rings. The number of rotatable bonds is 6. The Kier molecular flexibility index (Phi) is 5.84. The van der Waals surface area contributed by atoms with Crippen LogP contribution >= 0.6 is 15.9 Å². The average molecular weight is 541 g/mol. The molecule has 180 valence electrons. The van der Waals surface area contributed by atoms with Gasteiger partial charge in [-0.3, -0.25) is 19.3 Å². The van der Waals surface area contributed by atoms with E-state index >= 15 is 0 Å². The van der Waals surface area contributed by atoms with Gasteiger partial charge in [0.1, 0.15) is 0 Å². The maximum atomic E-state index is 13.1. The van der Waals surface area contributed by atoms with E-state index in [-0.39, 0.29) is 23.6 Å². The summed E-state index contributed by atoms with van der Waals surface area (Å²) in [7, 11) is 0. The minimum absolute atomic E-state index is 0.0860. The lowest BCUT2D eigenvalue weighted by atomic mass is 9.94. The SMILES string of the molecule is O=C(C[C@H]1CCCc2c(CCN3C(=O)c4ccccc4C3=O)c3ccccc3n21)c1ccc(Br)cc1. The Hall–Kier alpha value is -3.51. The molecule has 1 atom stereocenters. The highest BCUT2D eigenvalue weighted by atomic mass is 79.9. The molecule has 3 heterocycles. The summed E-state index contributed by atoms with van der Waals surface area (Å²) in [5.74, 6) is -0.289. The average Bonchev–Trinajstić information content (AvgIpc) is 3.35. The number of nitrogens with zero attached hydrogens (tertiary/aromatic N) is 2. The van der Waals surface area contributed by atoms with Crippen molar-refractivity contribution in [3.8, 4) is 0 Å². The minimum atomic E-state index is -0.217. The van der Waals surface area contributed by atoms with Crippen molar-refractivity contribution >= 4 is 44.4 Å². The lowest BCUT2D eigenvalue weighted by Gasteiger charge is -2.28. The van der Waals surface area contributed by atoms with E-state index in [9.17, 15) is 14.4 Å². The van der Waals surface area contributed by atoms with Crippen LogP contribution in [0.3, 0.4) is 0 Å². The summed E-state index contributed by atoms with van der Waals surface area (Å²) in [5, 5.41) is 1.15. The van der Waals surface area contributed by atoms with E-state index in [1.165, 1.54) is 16.2 Å². The second kappa shape index (κ2) is 9.17. The molecule has 0 fully saturated rings. The van der Waals surface area contributed by atoms with Crippen molar-refractivity contribution in [3.63, 3.8) is 0 Å². The second-order valence-corrected chi connectivity index (χ2v) is 10.5. The van der Waals surface area contributed by atoms with Crippen molar-refractivity contribution in [1.82, 2.24) is 9.47 Å². The zero-order chi connectivity index (χ0) is 24.8. The van der Waals surface area contributed by atoms with E-state index < -0.39 is 0 Å². The Morgan fingerprint density at radius 3 is 2.28 bits per heavy atom. The molecule has 3 aromatic carbocycles. The van der Waals surface area contributed by atoms with Gasteiger partial charge in [0.15, 0.2) is 5.78 Å². The molecule has 5 nitrogen and oxygen atoms in total. The number of aromatic nitrogens is 1. The van der Waals surface area contributed by atoms with Crippen LogP contribution in [0, 0.1) is 0 Å². The number of ketones is 1. The van der Waals surface area contributed by atoms with Crippen LogP contribution < -0.4 is 0 Å². The summed E-state index contributed by atoms with van der Waals surface area (Å²) >= 11 is 3.44. The van der Waals surface area contributed by atoms with E-state index in [4.69, 9.17) is 0 Å². The Labute approximate surface area is 217 Å². The van der Waals surface area contributed by atoms with Crippen molar-refractivity contribution in [3.05, 3.63) is 105 Å². The molecule has 0 unspecified atom stereocenters. The van der Waals surface area contributed by atoms with Gasteiger partial charge in [0.05, 0.1) is 11.1 Å². The van der Waals surface area contributed by atoms with Gasteiger partial charge in [-0.25, -0.2) is 0 Å². The van der Waals surface area contributed by atoms with Crippen LogP contribution in [0.5, 0.6) is 0 Å². The fraction of sp³-hybridized carbons (Fsp3) is 0.233. The van der Waals surface area contributed by atoms with Crippen LogP contribution in [-0.4, -0.2) is 33.6 Å². The van der Waals surface area contributed by atoms with Gasteiger partial charge in [-0.1, -0.05) is 58.4 Å². The third kappa shape index (κ3) is 3.80. The van der Waals surface area contributed by atoms with E-state index in [1.54, 1.807) is 24.3 Å². The monoisotopic (exact) mass is 540 g/mol. The van der Waals surface area contributed by atoms with Crippen molar-refractivity contribution < 1.29 is 14.4 Å². The van der Waals surface area contributed by atoms with E-state index in [2.05, 4.69) is 32.6 Å². The number of Topliss-reactive ketones (excluding diaryl/α,β-unsaturated/α-hetero) is 1. The predicted molar refractivity (Wildman–Crippen MR) is 143 cm³/mol. The third-order valence-electron chi connectivity index (χ3n) is 7.49. The first-order chi connectivity index (χ1) is 17.5. The van der Waals surface area contributed by atoms with Crippen LogP contribution in [0.1, 0.15) is 67.6 Å². The Balaban J connectivity index is 1.31. The first kappa shape index (κ1) is 22.9. The number of carbonyl (C=O) groups is 3. The molecule has 0 aliphatic carbocycles. The number of hydrogen-bond donors (Lipinski definition) is 0. The predicted octanol–water partition coefficient (Wildman–Crippen LogP) is 6.39. The van der Waals surface area contributed by atoms with E-state index in [0.717, 1.165) is 40.2 Å². The van der Waals surface area contributed by atoms with Crippen LogP contribution in [0.25, 0.3) is 10.9 Å². The fourth-order valence-electron chi connectivity index (χ4n) is 5.81. The number of benzene rings is 3. The van der Waals surface area contributed by atoms with Crippen LogP contribution in [-0.2, 0) is 12.8 Å². The number of para-hydroxylation sites is 1. The highest BCUT2D eigenvalue weighted by Gasteiger charge is 2.35. The van der Waals surface area contributed by atoms with Gasteiger partial charge >= 0.3 is 0 Å². The number of fused-ring (bicyclic) bond motifs is 4. The first-order valence-electron chi connectivity index (χ1n) is 12.4. The molecule has 6 heteroatoms. The summed E-state index contributed by atoms with van der Waals surface area (Å²) in [6.45, 7) is 0.343. The number of carbonyl (C=O) groups excluding carboxylic acids is 3. The molecule has 36 heavy (non-hydrogen) atoms. The van der Waals surface area contributed by atoms with Gasteiger partial charge in [0.2, 0.25) is 0 Å². The summed E-state index contributed by atoms with van der Waals surface area (Å²) in [6, 6.07) is 23.0. The normalized spacial score (nSPS) is 16.9. The first-order valence-corrected chi connectivity index (χ1v) is 13.2. The van der Waals surface area contributed by atoms with Gasteiger partial charge < -0.3 is 4.57 Å². The van der Waals surface area contributed by atoms with E-state index in [1.807, 2.05) is 36.4 Å². The molecular formula is C30H25BrN2O3. The minimum Gasteiger partial charge on any atom is -0.341 e. The van der Waals surface area contributed by atoms with Gasteiger partial charge in [0, 0.05) is 45.6 Å². The van der Waals surface area contributed by atoms with Crippen LogP contribution in [0.4, 0.5) is 0 Å². The van der Waals surface area contributed by atoms with E-state index in [0.29, 0.717) is 30.5 Å². The molecule has 0 N–H and O–H groups in total.